The Morgan fingerprint density at radius 2 is 2.03 bits per heavy atom. The number of carbonyl (C=O) groups excluding carboxylic acids is 1. The van der Waals surface area contributed by atoms with Gasteiger partial charge in [0.1, 0.15) is 0 Å². The van der Waals surface area contributed by atoms with Gasteiger partial charge in [-0.25, -0.2) is 23.2 Å². The highest BCUT2D eigenvalue weighted by Crippen LogP contribution is 2.16. The third-order valence-corrected chi connectivity index (χ3v) is 5.59. The van der Waals surface area contributed by atoms with E-state index < -0.39 is 21.4 Å². The fourth-order valence-corrected chi connectivity index (χ4v) is 3.52. The van der Waals surface area contributed by atoms with Gasteiger partial charge in [-0.1, -0.05) is 12.1 Å². The quantitative estimate of drug-likeness (QED) is 0.232. The number of carbonyl (C=O) groups is 1. The summed E-state index contributed by atoms with van der Waals surface area (Å²) in [6, 6.07) is 6.36. The Bertz CT molecular complexity index is 1360. The number of esters is 1. The molecule has 0 saturated heterocycles. The first kappa shape index (κ1) is 22.9. The number of ether oxygens (including phenoxy) is 1. The van der Waals surface area contributed by atoms with Crippen LogP contribution in [0.5, 0.6) is 0 Å². The molecule has 0 atom stereocenters. The number of H-pyrrole nitrogens is 1. The highest BCUT2D eigenvalue weighted by Gasteiger charge is 2.16. The lowest BCUT2D eigenvalue weighted by Crippen LogP contribution is -2.20. The maximum Gasteiger partial charge on any atom is 0.335 e. The lowest BCUT2D eigenvalue weighted by Gasteiger charge is -2.13. The van der Waals surface area contributed by atoms with Crippen LogP contribution in [0.25, 0.3) is 11.2 Å². The monoisotopic (exact) mass is 458 g/mol. The minimum Gasteiger partial charge on any atom is -0.463 e. The van der Waals surface area contributed by atoms with Crippen LogP contribution in [-0.2, 0) is 25.9 Å². The number of fused-ring (bicyclic) bond motifs is 1. The minimum absolute atomic E-state index is 0.0314. The Balaban J connectivity index is 1.92. The van der Waals surface area contributed by atoms with Crippen molar-refractivity contribution >= 4 is 39.6 Å². The van der Waals surface area contributed by atoms with Gasteiger partial charge in [-0.15, -0.1) is 0 Å². The molecule has 0 fully saturated rings. The first-order valence-electron chi connectivity index (χ1n) is 9.49. The first-order valence-corrected chi connectivity index (χ1v) is 11.4. The Morgan fingerprint density at radius 1 is 1.34 bits per heavy atom. The number of aromatic amines is 1. The predicted molar refractivity (Wildman–Crippen MR) is 119 cm³/mol. The van der Waals surface area contributed by atoms with Crippen molar-refractivity contribution in [3.8, 4) is 0 Å². The van der Waals surface area contributed by atoms with E-state index in [2.05, 4.69) is 26.8 Å². The Hall–Kier alpha value is -3.80. The summed E-state index contributed by atoms with van der Waals surface area (Å²) in [4.78, 5) is 35.9. The standard InChI is InChI=1S/C20H22N6O5S/c1-5-31-19(28)13(2)10-26(21-3)20-23-17-16(18(27)24-20)25(12-22-17)11-14-6-8-15(9-7-14)32(4,29)30/h6-10,12H,3,5,11H2,1-2,4H3,(H,23,24,27)/b13-10+. The average Bonchev–Trinajstić information content (AvgIpc) is 3.14. The molecule has 0 aliphatic heterocycles. The third-order valence-electron chi connectivity index (χ3n) is 4.46. The molecule has 3 aromatic rings. The zero-order chi connectivity index (χ0) is 23.5. The molecule has 2 aromatic heterocycles. The molecule has 0 unspecified atom stereocenters. The molecule has 0 amide bonds. The SMILES string of the molecule is C=NN(/C=C(\C)C(=O)OCC)c1nc2ncn(Cc3ccc(S(C)(=O)=O)cc3)c2c(=O)[nH]1. The molecule has 168 valence electrons. The number of sulfone groups is 1. The lowest BCUT2D eigenvalue weighted by atomic mass is 10.2. The average molecular weight is 459 g/mol. The van der Waals surface area contributed by atoms with Gasteiger partial charge in [0.05, 0.1) is 23.4 Å². The summed E-state index contributed by atoms with van der Waals surface area (Å²) in [7, 11) is -3.29. The number of imidazole rings is 1. The topological polar surface area (TPSA) is 140 Å². The normalized spacial score (nSPS) is 12.0. The summed E-state index contributed by atoms with van der Waals surface area (Å²) < 4.78 is 29.8. The van der Waals surface area contributed by atoms with Gasteiger partial charge >= 0.3 is 5.97 Å². The van der Waals surface area contributed by atoms with Gasteiger partial charge in [-0.2, -0.15) is 10.1 Å². The second-order valence-corrected chi connectivity index (χ2v) is 8.88. The van der Waals surface area contributed by atoms with E-state index in [-0.39, 0.29) is 40.7 Å². The van der Waals surface area contributed by atoms with Crippen molar-refractivity contribution in [1.29, 1.82) is 0 Å². The molecule has 0 aliphatic carbocycles. The van der Waals surface area contributed by atoms with Crippen molar-refractivity contribution in [2.24, 2.45) is 5.10 Å². The molecule has 0 aliphatic rings. The zero-order valence-electron chi connectivity index (χ0n) is 17.8. The van der Waals surface area contributed by atoms with Gasteiger partial charge in [0, 0.05) is 25.7 Å². The van der Waals surface area contributed by atoms with Crippen molar-refractivity contribution in [3.63, 3.8) is 0 Å². The van der Waals surface area contributed by atoms with Gasteiger partial charge in [0.15, 0.2) is 21.0 Å². The van der Waals surface area contributed by atoms with E-state index in [4.69, 9.17) is 4.74 Å². The Kier molecular flexibility index (Phi) is 6.53. The maximum absolute atomic E-state index is 12.8. The molecule has 1 aromatic carbocycles. The van der Waals surface area contributed by atoms with Crippen molar-refractivity contribution in [2.45, 2.75) is 25.3 Å². The number of anilines is 1. The van der Waals surface area contributed by atoms with Crippen LogP contribution < -0.4 is 10.6 Å². The molecule has 2 heterocycles. The van der Waals surface area contributed by atoms with Crippen LogP contribution in [0.15, 0.2) is 57.2 Å². The van der Waals surface area contributed by atoms with Crippen LogP contribution in [0.1, 0.15) is 19.4 Å². The second-order valence-electron chi connectivity index (χ2n) is 6.87. The smallest absolute Gasteiger partial charge is 0.335 e. The summed E-state index contributed by atoms with van der Waals surface area (Å²) in [6.07, 6.45) is 3.95. The van der Waals surface area contributed by atoms with E-state index in [1.807, 2.05) is 0 Å². The first-order chi connectivity index (χ1) is 15.1. The van der Waals surface area contributed by atoms with Crippen molar-refractivity contribution in [2.75, 3.05) is 17.9 Å². The summed E-state index contributed by atoms with van der Waals surface area (Å²) in [5, 5.41) is 4.92. The molecule has 3 rings (SSSR count). The number of hydrazone groups is 1. The van der Waals surface area contributed by atoms with E-state index in [9.17, 15) is 18.0 Å². The van der Waals surface area contributed by atoms with Crippen molar-refractivity contribution in [1.82, 2.24) is 19.5 Å². The molecule has 0 radical (unpaired) electrons. The van der Waals surface area contributed by atoms with Crippen molar-refractivity contribution in [3.05, 3.63) is 58.3 Å². The lowest BCUT2D eigenvalue weighted by molar-refractivity contribution is -0.138. The fraction of sp³-hybridized carbons (Fsp3) is 0.250. The Labute approximate surface area is 184 Å². The van der Waals surface area contributed by atoms with Gasteiger partial charge in [-0.05, 0) is 31.5 Å². The van der Waals surface area contributed by atoms with E-state index in [1.54, 1.807) is 23.6 Å². The van der Waals surface area contributed by atoms with E-state index in [0.717, 1.165) is 16.8 Å². The number of benzene rings is 1. The van der Waals surface area contributed by atoms with Crippen LogP contribution in [0.2, 0.25) is 0 Å². The predicted octanol–water partition coefficient (Wildman–Crippen LogP) is 1.46. The number of hydrogen-bond donors (Lipinski definition) is 1. The highest BCUT2D eigenvalue weighted by atomic mass is 32.2. The molecule has 11 nitrogen and oxygen atoms in total. The molecular weight excluding hydrogens is 436 g/mol. The van der Waals surface area contributed by atoms with Crippen LogP contribution in [0, 0.1) is 0 Å². The molecule has 32 heavy (non-hydrogen) atoms. The summed E-state index contributed by atoms with van der Waals surface area (Å²) in [5.74, 6) is -0.500. The summed E-state index contributed by atoms with van der Waals surface area (Å²) in [5.41, 5.74) is 0.960. The largest absolute Gasteiger partial charge is 0.463 e. The van der Waals surface area contributed by atoms with Crippen molar-refractivity contribution < 1.29 is 17.9 Å². The molecule has 0 saturated carbocycles. The molecular formula is C20H22N6O5S. The number of rotatable bonds is 8. The highest BCUT2D eigenvalue weighted by molar-refractivity contribution is 7.90. The number of aromatic nitrogens is 4. The van der Waals surface area contributed by atoms with E-state index >= 15 is 0 Å². The zero-order valence-corrected chi connectivity index (χ0v) is 18.6. The fourth-order valence-electron chi connectivity index (χ4n) is 2.89. The summed E-state index contributed by atoms with van der Waals surface area (Å²) >= 11 is 0. The third kappa shape index (κ3) is 4.91. The van der Waals surface area contributed by atoms with Crippen LogP contribution in [0.3, 0.4) is 0 Å². The number of nitrogens with one attached hydrogen (secondary N) is 1. The van der Waals surface area contributed by atoms with Gasteiger partial charge < -0.3 is 9.30 Å². The van der Waals surface area contributed by atoms with E-state index in [0.29, 0.717) is 0 Å². The van der Waals surface area contributed by atoms with Crippen LogP contribution >= 0.6 is 0 Å². The van der Waals surface area contributed by atoms with Gasteiger partial charge in [-0.3, -0.25) is 9.78 Å². The van der Waals surface area contributed by atoms with Crippen LogP contribution in [-0.4, -0.2) is 53.5 Å². The van der Waals surface area contributed by atoms with Crippen LogP contribution in [0.4, 0.5) is 5.95 Å². The summed E-state index contributed by atoms with van der Waals surface area (Å²) in [6.45, 7) is 7.18. The number of hydrogen-bond acceptors (Lipinski definition) is 9. The van der Waals surface area contributed by atoms with Gasteiger partial charge in [0.2, 0.25) is 5.95 Å². The van der Waals surface area contributed by atoms with Gasteiger partial charge in [0.25, 0.3) is 5.56 Å². The molecule has 0 spiro atoms. The maximum atomic E-state index is 12.8. The second kappa shape index (κ2) is 9.14. The molecule has 1 N–H and O–H groups in total. The Morgan fingerprint density at radius 3 is 2.62 bits per heavy atom. The van der Waals surface area contributed by atoms with E-state index in [1.165, 1.54) is 31.6 Å². The molecule has 12 heteroatoms. The number of nitrogens with zero attached hydrogens (tertiary/aromatic N) is 5. The molecule has 0 bridgehead atoms. The minimum atomic E-state index is -3.29.